The number of nitrogen functional groups attached to an aromatic ring is 1. The first-order valence-electron chi connectivity index (χ1n) is 5.09. The monoisotopic (exact) mass is 294 g/mol. The highest BCUT2D eigenvalue weighted by molar-refractivity contribution is 7.89. The molecule has 1 unspecified atom stereocenters. The molecule has 102 valence electrons. The van der Waals surface area contributed by atoms with E-state index in [-0.39, 0.29) is 28.4 Å². The summed E-state index contributed by atoms with van der Waals surface area (Å²) >= 11 is 0. The molecule has 0 aromatic heterocycles. The molecule has 1 aromatic carbocycles. The number of hydrogen-bond acceptors (Lipinski definition) is 4. The van der Waals surface area contributed by atoms with E-state index in [0.29, 0.717) is 0 Å². The van der Waals surface area contributed by atoms with Crippen LogP contribution in [0.4, 0.5) is 10.1 Å². The summed E-state index contributed by atoms with van der Waals surface area (Å²) in [4.78, 5) is -0.193. The lowest BCUT2D eigenvalue weighted by atomic mass is 10.2. The van der Waals surface area contributed by atoms with Crippen molar-refractivity contribution in [2.75, 3.05) is 24.3 Å². The molecule has 0 saturated heterocycles. The number of halogens is 1. The number of sulfonamides is 1. The van der Waals surface area contributed by atoms with Gasteiger partial charge in [-0.15, -0.1) is 0 Å². The van der Waals surface area contributed by atoms with Gasteiger partial charge in [-0.25, -0.2) is 17.5 Å². The Bertz CT molecular complexity index is 573. The second kappa shape index (κ2) is 5.77. The molecule has 0 aliphatic heterocycles. The normalized spacial score (nSPS) is 13.5. The van der Waals surface area contributed by atoms with E-state index in [1.807, 2.05) is 0 Å². The van der Waals surface area contributed by atoms with Crippen molar-refractivity contribution in [2.24, 2.45) is 0 Å². The predicted octanol–water partition coefficient (Wildman–Crippen LogP) is 0.373. The Morgan fingerprint density at radius 3 is 2.61 bits per heavy atom. The Hall–Kier alpha value is -0.990. The van der Waals surface area contributed by atoms with Crippen LogP contribution in [0.5, 0.6) is 0 Å². The van der Waals surface area contributed by atoms with Crippen molar-refractivity contribution in [3.8, 4) is 0 Å². The fourth-order valence-electron chi connectivity index (χ4n) is 1.35. The SMILES string of the molecule is Cc1c(F)cc(N)cc1S(=O)(=O)NCCS(C)=O. The maximum atomic E-state index is 13.4. The van der Waals surface area contributed by atoms with Crippen molar-refractivity contribution >= 4 is 26.5 Å². The summed E-state index contributed by atoms with van der Waals surface area (Å²) in [6.45, 7) is 1.39. The van der Waals surface area contributed by atoms with Crippen LogP contribution in [0.3, 0.4) is 0 Å². The second-order valence-electron chi connectivity index (χ2n) is 3.80. The highest BCUT2D eigenvalue weighted by Gasteiger charge is 2.19. The molecule has 3 N–H and O–H groups in total. The van der Waals surface area contributed by atoms with Gasteiger partial charge in [0.15, 0.2) is 0 Å². The number of rotatable bonds is 5. The second-order valence-corrected chi connectivity index (χ2v) is 7.09. The molecule has 18 heavy (non-hydrogen) atoms. The molecule has 0 radical (unpaired) electrons. The van der Waals surface area contributed by atoms with Gasteiger partial charge in [0.25, 0.3) is 0 Å². The van der Waals surface area contributed by atoms with E-state index in [2.05, 4.69) is 4.72 Å². The summed E-state index contributed by atoms with van der Waals surface area (Å²) in [6.07, 6.45) is 1.47. The first-order chi connectivity index (χ1) is 8.24. The van der Waals surface area contributed by atoms with E-state index in [1.165, 1.54) is 19.2 Å². The molecule has 1 atom stereocenters. The third-order valence-corrected chi connectivity index (χ3v) is 4.66. The first-order valence-corrected chi connectivity index (χ1v) is 8.30. The molecular weight excluding hydrogens is 279 g/mol. The van der Waals surface area contributed by atoms with Crippen LogP contribution < -0.4 is 10.5 Å². The van der Waals surface area contributed by atoms with E-state index in [1.54, 1.807) is 0 Å². The fraction of sp³-hybridized carbons (Fsp3) is 0.400. The third-order valence-electron chi connectivity index (χ3n) is 2.29. The summed E-state index contributed by atoms with van der Waals surface area (Å²) in [5.74, 6) is -0.474. The molecular formula is C10H15FN2O3S2. The van der Waals surface area contributed by atoms with Crippen molar-refractivity contribution in [3.63, 3.8) is 0 Å². The largest absolute Gasteiger partial charge is 0.399 e. The molecule has 8 heteroatoms. The van der Waals surface area contributed by atoms with Gasteiger partial charge >= 0.3 is 0 Å². The highest BCUT2D eigenvalue weighted by Crippen LogP contribution is 2.21. The minimum absolute atomic E-state index is 0.00863. The van der Waals surface area contributed by atoms with Crippen molar-refractivity contribution in [2.45, 2.75) is 11.8 Å². The zero-order chi connectivity index (χ0) is 13.9. The summed E-state index contributed by atoms with van der Waals surface area (Å²) in [5.41, 5.74) is 5.47. The van der Waals surface area contributed by atoms with Crippen LogP contribution >= 0.6 is 0 Å². The molecule has 0 aliphatic rings. The van der Waals surface area contributed by atoms with Crippen molar-refractivity contribution in [1.82, 2.24) is 4.72 Å². The predicted molar refractivity (Wildman–Crippen MR) is 69.7 cm³/mol. The lowest BCUT2D eigenvalue weighted by Gasteiger charge is -2.10. The van der Waals surface area contributed by atoms with Crippen LogP contribution in [0.15, 0.2) is 17.0 Å². The number of nitrogens with one attached hydrogen (secondary N) is 1. The van der Waals surface area contributed by atoms with E-state index >= 15 is 0 Å². The topological polar surface area (TPSA) is 89.3 Å². The van der Waals surface area contributed by atoms with Crippen LogP contribution in [0.25, 0.3) is 0 Å². The van der Waals surface area contributed by atoms with Gasteiger partial charge in [0.2, 0.25) is 10.0 Å². The van der Waals surface area contributed by atoms with Crippen molar-refractivity contribution < 1.29 is 17.0 Å². The van der Waals surface area contributed by atoms with Gasteiger partial charge in [-0.2, -0.15) is 0 Å². The van der Waals surface area contributed by atoms with Gasteiger partial charge < -0.3 is 5.73 Å². The lowest BCUT2D eigenvalue weighted by molar-refractivity contribution is 0.577. The van der Waals surface area contributed by atoms with Gasteiger partial charge in [0.1, 0.15) is 5.82 Å². The van der Waals surface area contributed by atoms with Crippen LogP contribution in [0.1, 0.15) is 5.56 Å². The Kier molecular flexibility index (Phi) is 4.83. The minimum atomic E-state index is -3.84. The Balaban J connectivity index is 3.02. The molecule has 0 heterocycles. The Morgan fingerprint density at radius 2 is 2.06 bits per heavy atom. The molecule has 0 aliphatic carbocycles. The van der Waals surface area contributed by atoms with Crippen molar-refractivity contribution in [1.29, 1.82) is 0 Å². The summed E-state index contributed by atoms with van der Waals surface area (Å²) < 4.78 is 50.3. The quantitative estimate of drug-likeness (QED) is 0.768. The van der Waals surface area contributed by atoms with Gasteiger partial charge in [0.05, 0.1) is 4.90 Å². The van der Waals surface area contributed by atoms with Crippen LogP contribution in [-0.4, -0.2) is 31.2 Å². The standard InChI is InChI=1S/C10H15FN2O3S2/c1-7-9(11)5-8(12)6-10(7)18(15,16)13-3-4-17(2)14/h5-6,13H,3-4,12H2,1-2H3. The molecule has 1 rings (SSSR count). The van der Waals surface area contributed by atoms with Gasteiger partial charge in [-0.1, -0.05) is 0 Å². The van der Waals surface area contributed by atoms with Crippen LogP contribution in [-0.2, 0) is 20.8 Å². The van der Waals surface area contributed by atoms with Crippen LogP contribution in [0.2, 0.25) is 0 Å². The summed E-state index contributed by atoms with van der Waals surface area (Å²) in [7, 11) is -4.93. The maximum absolute atomic E-state index is 13.4. The van der Waals surface area contributed by atoms with Gasteiger partial charge in [-0.05, 0) is 19.1 Å². The maximum Gasteiger partial charge on any atom is 0.241 e. The summed E-state index contributed by atoms with van der Waals surface area (Å²) in [6, 6.07) is 2.26. The molecule has 5 nitrogen and oxygen atoms in total. The molecule has 0 amide bonds. The average Bonchev–Trinajstić information content (AvgIpc) is 2.22. The summed E-state index contributed by atoms with van der Waals surface area (Å²) in [5, 5.41) is 0. The fourth-order valence-corrected chi connectivity index (χ4v) is 3.19. The van der Waals surface area contributed by atoms with Crippen molar-refractivity contribution in [3.05, 3.63) is 23.5 Å². The molecule has 0 spiro atoms. The number of hydrogen-bond donors (Lipinski definition) is 2. The molecule has 0 saturated carbocycles. The zero-order valence-corrected chi connectivity index (χ0v) is 11.7. The third kappa shape index (κ3) is 3.76. The molecule has 0 fully saturated rings. The Morgan fingerprint density at radius 1 is 1.44 bits per heavy atom. The Labute approximate surface area is 108 Å². The van der Waals surface area contributed by atoms with E-state index in [9.17, 15) is 17.0 Å². The van der Waals surface area contributed by atoms with Crippen LogP contribution in [0, 0.1) is 12.7 Å². The number of nitrogens with two attached hydrogens (primary N) is 1. The van der Waals surface area contributed by atoms with Gasteiger partial charge in [0, 0.05) is 40.6 Å². The minimum Gasteiger partial charge on any atom is -0.399 e. The number of anilines is 1. The zero-order valence-electron chi connectivity index (χ0n) is 10.1. The highest BCUT2D eigenvalue weighted by atomic mass is 32.2. The molecule has 1 aromatic rings. The number of benzene rings is 1. The molecule has 0 bridgehead atoms. The van der Waals surface area contributed by atoms with Gasteiger partial charge in [-0.3, -0.25) is 4.21 Å². The first kappa shape index (κ1) is 15.1. The smallest absolute Gasteiger partial charge is 0.241 e. The van der Waals surface area contributed by atoms with E-state index < -0.39 is 26.6 Å². The van der Waals surface area contributed by atoms with E-state index in [0.717, 1.165) is 6.07 Å². The van der Waals surface area contributed by atoms with E-state index in [4.69, 9.17) is 5.73 Å². The lowest BCUT2D eigenvalue weighted by Crippen LogP contribution is -2.28. The average molecular weight is 294 g/mol.